The summed E-state index contributed by atoms with van der Waals surface area (Å²) in [5.41, 5.74) is -0.896. The molecule has 152 valence electrons. The average molecular weight is 530 g/mol. The first-order chi connectivity index (χ1) is 12.9. The molecular weight excluding hydrogens is 516 g/mol. The quantitative estimate of drug-likeness (QED) is 0.397. The van der Waals surface area contributed by atoms with E-state index < -0.39 is 29.3 Å². The first kappa shape index (κ1) is 24.1. The Hall–Kier alpha value is -1.94. The number of carboxylic acid groups (broad SMARTS) is 1. The van der Waals surface area contributed by atoms with Crippen molar-refractivity contribution in [1.29, 1.82) is 0 Å². The molecule has 10 heteroatoms. The van der Waals surface area contributed by atoms with Crippen LogP contribution in [0.2, 0.25) is 0 Å². The van der Waals surface area contributed by atoms with E-state index in [9.17, 15) is 27.2 Å². The van der Waals surface area contributed by atoms with Crippen molar-refractivity contribution >= 4 is 43.8 Å². The Morgan fingerprint density at radius 2 is 1.21 bits per heavy atom. The summed E-state index contributed by atoms with van der Waals surface area (Å²) in [4.78, 5) is 21.1. The summed E-state index contributed by atoms with van der Waals surface area (Å²) < 4.78 is 57.9. The highest BCUT2D eigenvalue weighted by Gasteiger charge is 2.42. The van der Waals surface area contributed by atoms with Gasteiger partial charge in [0.25, 0.3) is 0 Å². The summed E-state index contributed by atoms with van der Waals surface area (Å²) >= 11 is 6.18. The number of halogens is 6. The summed E-state index contributed by atoms with van der Waals surface area (Å²) in [6, 6.07) is 10.1. The first-order valence-electron chi connectivity index (χ1n) is 7.61. The number of esters is 1. The predicted molar refractivity (Wildman–Crippen MR) is 100 cm³/mol. The number of alkyl halides is 4. The van der Waals surface area contributed by atoms with Crippen molar-refractivity contribution in [2.75, 3.05) is 6.61 Å². The minimum atomic E-state index is -3.82. The van der Waals surface area contributed by atoms with Gasteiger partial charge < -0.3 is 9.84 Å². The Labute approximate surface area is 174 Å². The molecule has 0 aliphatic carbocycles. The van der Waals surface area contributed by atoms with Crippen LogP contribution >= 0.6 is 31.9 Å². The topological polar surface area (TPSA) is 63.6 Å². The summed E-state index contributed by atoms with van der Waals surface area (Å²) in [7, 11) is 0. The van der Waals surface area contributed by atoms with E-state index in [-0.39, 0.29) is 12.2 Å². The smallest absolute Gasteiger partial charge is 0.381 e. The van der Waals surface area contributed by atoms with E-state index in [4.69, 9.17) is 5.11 Å². The maximum atomic E-state index is 13.4. The maximum absolute atomic E-state index is 13.4. The molecule has 4 nitrogen and oxygen atoms in total. The van der Waals surface area contributed by atoms with Crippen molar-refractivity contribution < 1.29 is 37.0 Å². The summed E-state index contributed by atoms with van der Waals surface area (Å²) in [5, 5.41) is 8.20. The van der Waals surface area contributed by atoms with Crippen molar-refractivity contribution in [1.82, 2.24) is 0 Å². The number of hydrogen-bond acceptors (Lipinski definition) is 3. The van der Waals surface area contributed by atoms with Gasteiger partial charge in [0.1, 0.15) is 0 Å². The molecule has 0 bridgehead atoms. The molecule has 2 aromatic carbocycles. The van der Waals surface area contributed by atoms with Crippen molar-refractivity contribution in [2.45, 2.75) is 18.8 Å². The zero-order valence-corrected chi connectivity index (χ0v) is 17.4. The number of carbonyl (C=O) groups is 2. The van der Waals surface area contributed by atoms with Crippen LogP contribution in [0, 0.1) is 0 Å². The fourth-order valence-corrected chi connectivity index (χ4v) is 2.31. The molecule has 0 radical (unpaired) electrons. The normalized spacial score (nSPS) is 11.2. The zero-order chi connectivity index (χ0) is 21.5. The molecule has 2 aromatic rings. The zero-order valence-electron chi connectivity index (χ0n) is 14.3. The maximum Gasteiger partial charge on any atom is 0.381 e. The van der Waals surface area contributed by atoms with Gasteiger partial charge in [-0.15, -0.1) is 0 Å². The summed E-state index contributed by atoms with van der Waals surface area (Å²) in [6.45, 7) is 1.42. The van der Waals surface area contributed by atoms with Gasteiger partial charge in [-0.2, -0.15) is 17.6 Å². The van der Waals surface area contributed by atoms with Crippen LogP contribution in [0.15, 0.2) is 57.5 Å². The third-order valence-corrected chi connectivity index (χ3v) is 4.27. The second-order valence-corrected chi connectivity index (χ2v) is 7.02. The van der Waals surface area contributed by atoms with Crippen LogP contribution in [0.3, 0.4) is 0 Å². The number of hydrogen-bond donors (Lipinski definition) is 1. The Morgan fingerprint density at radius 3 is 1.54 bits per heavy atom. The minimum absolute atomic E-state index is 0.0645. The van der Waals surface area contributed by atoms with Gasteiger partial charge in [0.15, 0.2) is 0 Å². The fourth-order valence-electron chi connectivity index (χ4n) is 1.78. The Kier molecular flexibility index (Phi) is 8.62. The van der Waals surface area contributed by atoms with Gasteiger partial charge >= 0.3 is 23.8 Å². The monoisotopic (exact) mass is 528 g/mol. The lowest BCUT2D eigenvalue weighted by molar-refractivity contribution is -0.173. The molecular formula is C18H14Br2F4O4. The Morgan fingerprint density at radius 1 is 0.857 bits per heavy atom. The van der Waals surface area contributed by atoms with E-state index in [1.807, 2.05) is 0 Å². The molecule has 0 aliphatic heterocycles. The molecule has 0 spiro atoms. The van der Waals surface area contributed by atoms with Crippen LogP contribution in [0.5, 0.6) is 0 Å². The van der Waals surface area contributed by atoms with Gasteiger partial charge in [0.05, 0.1) is 6.61 Å². The highest BCUT2D eigenvalue weighted by Crippen LogP contribution is 2.30. The second-order valence-electron chi connectivity index (χ2n) is 5.19. The minimum Gasteiger partial charge on any atom is -0.477 e. The number of carbonyl (C=O) groups excluding carboxylic acids is 1. The van der Waals surface area contributed by atoms with Gasteiger partial charge in [0.2, 0.25) is 0 Å². The van der Waals surface area contributed by atoms with Gasteiger partial charge in [-0.05, 0) is 31.2 Å². The molecule has 0 aromatic heterocycles. The van der Waals surface area contributed by atoms with Crippen LogP contribution < -0.4 is 0 Å². The van der Waals surface area contributed by atoms with Crippen LogP contribution in [0.1, 0.15) is 18.1 Å². The van der Waals surface area contributed by atoms with E-state index in [0.717, 1.165) is 12.1 Å². The number of rotatable bonds is 5. The molecule has 0 saturated carbocycles. The fraction of sp³-hybridized carbons (Fsp3) is 0.222. The highest BCUT2D eigenvalue weighted by molar-refractivity contribution is 9.10. The molecule has 28 heavy (non-hydrogen) atoms. The number of ether oxygens (including phenoxy) is 1. The lowest BCUT2D eigenvalue weighted by Gasteiger charge is -2.14. The van der Waals surface area contributed by atoms with E-state index >= 15 is 0 Å². The summed E-state index contributed by atoms with van der Waals surface area (Å²) in [5.74, 6) is -11.1. The molecule has 0 amide bonds. The molecule has 0 aliphatic rings. The lowest BCUT2D eigenvalue weighted by Crippen LogP contribution is -2.28. The van der Waals surface area contributed by atoms with Gasteiger partial charge in [0, 0.05) is 20.1 Å². The van der Waals surface area contributed by atoms with Crippen LogP contribution in [0.25, 0.3) is 0 Å². The molecule has 0 saturated heterocycles. The van der Waals surface area contributed by atoms with Gasteiger partial charge in [-0.1, -0.05) is 56.1 Å². The largest absolute Gasteiger partial charge is 0.477 e. The van der Waals surface area contributed by atoms with Crippen LogP contribution in [-0.2, 0) is 26.2 Å². The molecule has 1 N–H and O–H groups in total. The standard InChI is InChI=1S/C10H9BrF2O2.C8H5BrF2O2/c1-2-15-9(14)10(12,13)7-3-5-8(11)6-4-7;9-6-3-1-5(2-4-6)8(10,11)7(12)13/h3-6H,2H2,1H3;1-4H,(H,12,13). The third kappa shape index (κ3) is 6.30. The van der Waals surface area contributed by atoms with E-state index in [0.29, 0.717) is 8.95 Å². The first-order valence-corrected chi connectivity index (χ1v) is 9.19. The molecule has 0 heterocycles. The predicted octanol–water partition coefficient (Wildman–Crippen LogP) is 5.73. The molecule has 0 atom stereocenters. The Balaban J connectivity index is 0.000000283. The lowest BCUT2D eigenvalue weighted by atomic mass is 10.1. The van der Waals surface area contributed by atoms with Crippen molar-refractivity contribution in [3.8, 4) is 0 Å². The third-order valence-electron chi connectivity index (χ3n) is 3.21. The van der Waals surface area contributed by atoms with Crippen LogP contribution in [0.4, 0.5) is 17.6 Å². The molecule has 2 rings (SSSR count). The second kappa shape index (κ2) is 10.0. The Bertz CT molecular complexity index is 809. The van der Waals surface area contributed by atoms with Gasteiger partial charge in [-0.25, -0.2) is 9.59 Å². The van der Waals surface area contributed by atoms with Crippen molar-refractivity contribution in [2.24, 2.45) is 0 Å². The SMILES string of the molecule is CCOC(=O)C(F)(F)c1ccc(Br)cc1.O=C(O)C(F)(F)c1ccc(Br)cc1. The average Bonchev–Trinajstić information content (AvgIpc) is 2.63. The molecule has 0 fully saturated rings. The highest BCUT2D eigenvalue weighted by atomic mass is 79.9. The number of benzene rings is 2. The van der Waals surface area contributed by atoms with E-state index in [2.05, 4.69) is 36.6 Å². The van der Waals surface area contributed by atoms with Gasteiger partial charge in [-0.3, -0.25) is 0 Å². The van der Waals surface area contributed by atoms with Crippen molar-refractivity contribution in [3.63, 3.8) is 0 Å². The van der Waals surface area contributed by atoms with Crippen molar-refractivity contribution in [3.05, 3.63) is 68.6 Å². The van der Waals surface area contributed by atoms with E-state index in [1.54, 1.807) is 0 Å². The molecule has 0 unspecified atom stereocenters. The van der Waals surface area contributed by atoms with Crippen LogP contribution in [-0.4, -0.2) is 23.7 Å². The number of aliphatic carboxylic acids is 1. The van der Waals surface area contributed by atoms with E-state index in [1.165, 1.54) is 43.3 Å². The summed E-state index contributed by atoms with van der Waals surface area (Å²) in [6.07, 6.45) is 0. The number of carboxylic acids is 1.